The predicted molar refractivity (Wildman–Crippen MR) is 43.2 cm³/mol. The quantitative estimate of drug-likeness (QED) is 0.619. The maximum absolute atomic E-state index is 9.04. The lowest BCUT2D eigenvalue weighted by Crippen LogP contribution is -1.96. The molecule has 11 heavy (non-hydrogen) atoms. The largest absolute Gasteiger partial charge is 0.506 e. The molecule has 0 aliphatic rings. The van der Waals surface area contributed by atoms with Crippen LogP contribution in [0.5, 0.6) is 0 Å². The van der Waals surface area contributed by atoms with Crippen LogP contribution in [0.15, 0.2) is 12.9 Å². The summed E-state index contributed by atoms with van der Waals surface area (Å²) >= 11 is 0. The highest BCUT2D eigenvalue weighted by Gasteiger charge is 2.04. The van der Waals surface area contributed by atoms with Gasteiger partial charge in [-0.3, -0.25) is 0 Å². The van der Waals surface area contributed by atoms with E-state index in [1.54, 1.807) is 0 Å². The standard InChI is InChI=1S/C8H10N2O/c1-5-6(2)9-4-10-8(5)7(3)11/h4,11H,3H2,1-2H3. The molecule has 0 saturated heterocycles. The van der Waals surface area contributed by atoms with Crippen LogP contribution in [0, 0.1) is 13.8 Å². The number of rotatable bonds is 1. The van der Waals surface area contributed by atoms with Crippen molar-refractivity contribution in [1.82, 2.24) is 9.97 Å². The monoisotopic (exact) mass is 150 g/mol. The Kier molecular flexibility index (Phi) is 1.89. The molecule has 1 N–H and O–H groups in total. The molecule has 0 bridgehead atoms. The summed E-state index contributed by atoms with van der Waals surface area (Å²) < 4.78 is 0. The second-order valence-electron chi connectivity index (χ2n) is 2.38. The van der Waals surface area contributed by atoms with E-state index < -0.39 is 0 Å². The fourth-order valence-corrected chi connectivity index (χ4v) is 0.829. The van der Waals surface area contributed by atoms with Crippen LogP contribution in [-0.2, 0) is 0 Å². The highest BCUT2D eigenvalue weighted by molar-refractivity contribution is 5.55. The van der Waals surface area contributed by atoms with E-state index in [0.29, 0.717) is 5.69 Å². The Morgan fingerprint density at radius 1 is 1.45 bits per heavy atom. The van der Waals surface area contributed by atoms with E-state index >= 15 is 0 Å². The van der Waals surface area contributed by atoms with Crippen LogP contribution < -0.4 is 0 Å². The number of aliphatic hydroxyl groups excluding tert-OH is 1. The van der Waals surface area contributed by atoms with Gasteiger partial charge in [-0.05, 0) is 19.4 Å². The molecule has 3 nitrogen and oxygen atoms in total. The minimum atomic E-state index is -0.00648. The molecule has 0 saturated carbocycles. The molecule has 1 rings (SSSR count). The van der Waals surface area contributed by atoms with E-state index in [2.05, 4.69) is 16.5 Å². The summed E-state index contributed by atoms with van der Waals surface area (Å²) in [6, 6.07) is 0. The minimum Gasteiger partial charge on any atom is -0.506 e. The van der Waals surface area contributed by atoms with E-state index in [0.717, 1.165) is 11.3 Å². The van der Waals surface area contributed by atoms with Gasteiger partial charge in [0.25, 0.3) is 0 Å². The predicted octanol–water partition coefficient (Wildman–Crippen LogP) is 1.62. The van der Waals surface area contributed by atoms with Crippen molar-refractivity contribution in [3.8, 4) is 0 Å². The summed E-state index contributed by atoms with van der Waals surface area (Å²) in [5.74, 6) is -0.00648. The molecule has 0 unspecified atom stereocenters. The Balaban J connectivity index is 3.27. The summed E-state index contributed by atoms with van der Waals surface area (Å²) in [5.41, 5.74) is 2.27. The molecular weight excluding hydrogens is 140 g/mol. The maximum Gasteiger partial charge on any atom is 0.134 e. The highest BCUT2D eigenvalue weighted by Crippen LogP contribution is 2.12. The molecule has 0 radical (unpaired) electrons. The van der Waals surface area contributed by atoms with Crippen LogP contribution in [0.2, 0.25) is 0 Å². The van der Waals surface area contributed by atoms with Crippen LogP contribution in [0.25, 0.3) is 5.76 Å². The third-order valence-electron chi connectivity index (χ3n) is 1.61. The number of aromatic nitrogens is 2. The number of hydrogen-bond acceptors (Lipinski definition) is 3. The molecule has 3 heteroatoms. The zero-order valence-corrected chi connectivity index (χ0v) is 6.63. The highest BCUT2D eigenvalue weighted by atomic mass is 16.3. The molecule has 1 aromatic heterocycles. The first kappa shape index (κ1) is 7.72. The SMILES string of the molecule is C=C(O)c1ncnc(C)c1C. The normalized spacial score (nSPS) is 9.64. The van der Waals surface area contributed by atoms with Gasteiger partial charge < -0.3 is 5.11 Å². The van der Waals surface area contributed by atoms with Crippen molar-refractivity contribution in [2.24, 2.45) is 0 Å². The lowest BCUT2D eigenvalue weighted by molar-refractivity contribution is 0.509. The first-order chi connectivity index (χ1) is 5.13. The molecule has 0 amide bonds. The molecule has 1 aromatic rings. The van der Waals surface area contributed by atoms with Gasteiger partial charge in [0, 0.05) is 5.69 Å². The second-order valence-corrected chi connectivity index (χ2v) is 2.38. The van der Waals surface area contributed by atoms with Gasteiger partial charge >= 0.3 is 0 Å². The van der Waals surface area contributed by atoms with E-state index in [9.17, 15) is 0 Å². The van der Waals surface area contributed by atoms with Crippen molar-refractivity contribution in [1.29, 1.82) is 0 Å². The Morgan fingerprint density at radius 3 is 2.55 bits per heavy atom. The van der Waals surface area contributed by atoms with E-state index in [-0.39, 0.29) is 5.76 Å². The number of nitrogens with zero attached hydrogens (tertiary/aromatic N) is 2. The first-order valence-electron chi connectivity index (χ1n) is 3.29. The van der Waals surface area contributed by atoms with Crippen molar-refractivity contribution in [3.63, 3.8) is 0 Å². The van der Waals surface area contributed by atoms with E-state index in [1.165, 1.54) is 6.33 Å². The van der Waals surface area contributed by atoms with Gasteiger partial charge in [0.2, 0.25) is 0 Å². The summed E-state index contributed by atoms with van der Waals surface area (Å²) in [6.07, 6.45) is 1.42. The van der Waals surface area contributed by atoms with Gasteiger partial charge in [0.05, 0.1) is 0 Å². The average Bonchev–Trinajstić information content (AvgIpc) is 1.94. The Morgan fingerprint density at radius 2 is 2.09 bits per heavy atom. The minimum absolute atomic E-state index is 0.00648. The van der Waals surface area contributed by atoms with Gasteiger partial charge in [-0.1, -0.05) is 6.58 Å². The van der Waals surface area contributed by atoms with Gasteiger partial charge in [-0.15, -0.1) is 0 Å². The lowest BCUT2D eigenvalue weighted by Gasteiger charge is -2.03. The molecule has 0 aliphatic heterocycles. The number of hydrogen-bond donors (Lipinski definition) is 1. The molecule has 0 spiro atoms. The zero-order chi connectivity index (χ0) is 8.43. The Bertz CT molecular complexity index is 294. The molecule has 0 fully saturated rings. The third-order valence-corrected chi connectivity index (χ3v) is 1.61. The van der Waals surface area contributed by atoms with Gasteiger partial charge in [0.1, 0.15) is 17.8 Å². The summed E-state index contributed by atoms with van der Waals surface area (Å²) in [6.45, 7) is 7.11. The molecule has 58 valence electrons. The fourth-order valence-electron chi connectivity index (χ4n) is 0.829. The lowest BCUT2D eigenvalue weighted by atomic mass is 10.2. The van der Waals surface area contributed by atoms with Crippen LogP contribution in [0.3, 0.4) is 0 Å². The number of aliphatic hydroxyl groups is 1. The van der Waals surface area contributed by atoms with Crippen LogP contribution in [0.4, 0.5) is 0 Å². The summed E-state index contributed by atoms with van der Waals surface area (Å²) in [5, 5.41) is 9.04. The summed E-state index contributed by atoms with van der Waals surface area (Å²) in [7, 11) is 0. The molecule has 0 aromatic carbocycles. The number of aryl methyl sites for hydroxylation is 1. The van der Waals surface area contributed by atoms with Gasteiger partial charge in [-0.2, -0.15) is 0 Å². The maximum atomic E-state index is 9.04. The van der Waals surface area contributed by atoms with Crippen LogP contribution in [0.1, 0.15) is 17.0 Å². The average molecular weight is 150 g/mol. The van der Waals surface area contributed by atoms with E-state index in [4.69, 9.17) is 5.11 Å². The topological polar surface area (TPSA) is 46.0 Å². The molecule has 1 heterocycles. The fraction of sp³-hybridized carbons (Fsp3) is 0.250. The van der Waals surface area contributed by atoms with Gasteiger partial charge in [-0.25, -0.2) is 9.97 Å². The van der Waals surface area contributed by atoms with Crippen molar-refractivity contribution in [2.45, 2.75) is 13.8 Å². The molecule has 0 aliphatic carbocycles. The Labute approximate surface area is 65.4 Å². The zero-order valence-electron chi connectivity index (χ0n) is 6.63. The van der Waals surface area contributed by atoms with Crippen molar-refractivity contribution in [3.05, 3.63) is 29.9 Å². The second kappa shape index (κ2) is 2.70. The summed E-state index contributed by atoms with van der Waals surface area (Å²) in [4.78, 5) is 7.84. The van der Waals surface area contributed by atoms with Crippen LogP contribution in [-0.4, -0.2) is 15.1 Å². The van der Waals surface area contributed by atoms with Gasteiger partial charge in [0.15, 0.2) is 0 Å². The Hall–Kier alpha value is -1.38. The van der Waals surface area contributed by atoms with E-state index in [1.807, 2.05) is 13.8 Å². The van der Waals surface area contributed by atoms with Crippen LogP contribution >= 0.6 is 0 Å². The van der Waals surface area contributed by atoms with Crippen molar-refractivity contribution in [2.75, 3.05) is 0 Å². The van der Waals surface area contributed by atoms with Crippen molar-refractivity contribution >= 4 is 5.76 Å². The van der Waals surface area contributed by atoms with Crippen molar-refractivity contribution < 1.29 is 5.11 Å². The first-order valence-corrected chi connectivity index (χ1v) is 3.29. The third kappa shape index (κ3) is 1.37. The molecular formula is C8H10N2O. The smallest absolute Gasteiger partial charge is 0.134 e. The molecule has 0 atom stereocenters.